The van der Waals surface area contributed by atoms with Gasteiger partial charge in [0.1, 0.15) is 5.75 Å². The van der Waals surface area contributed by atoms with Gasteiger partial charge < -0.3 is 14.0 Å². The highest BCUT2D eigenvalue weighted by Crippen LogP contribution is 2.24. The molecule has 0 N–H and O–H groups in total. The van der Waals surface area contributed by atoms with E-state index in [2.05, 4.69) is 16.2 Å². The number of hydrogen-bond donors (Lipinski definition) is 0. The summed E-state index contributed by atoms with van der Waals surface area (Å²) in [5, 5.41) is 4.05. The monoisotopic (exact) mass is 286 g/mol. The van der Waals surface area contributed by atoms with Gasteiger partial charge in [0.15, 0.2) is 6.10 Å². The van der Waals surface area contributed by atoms with Crippen LogP contribution in [0, 0.1) is 0 Å². The first-order valence-electron chi connectivity index (χ1n) is 7.19. The molecular weight excluding hydrogens is 268 g/mol. The number of para-hydroxylation sites is 1. The van der Waals surface area contributed by atoms with Gasteiger partial charge in [-0.25, -0.2) is 0 Å². The van der Waals surface area contributed by atoms with E-state index < -0.39 is 0 Å². The summed E-state index contributed by atoms with van der Waals surface area (Å²) in [6.07, 6.45) is 3.52. The highest BCUT2D eigenvalue weighted by atomic mass is 16.5. The van der Waals surface area contributed by atoms with Crippen molar-refractivity contribution in [1.82, 2.24) is 10.1 Å². The minimum absolute atomic E-state index is 0.213. The van der Waals surface area contributed by atoms with E-state index in [9.17, 15) is 0 Å². The maximum absolute atomic E-state index is 5.91. The third-order valence-corrected chi connectivity index (χ3v) is 3.31. The molecular formula is C16H18N2O3. The fraction of sp³-hybridized carbons (Fsp3) is 0.375. The van der Waals surface area contributed by atoms with Gasteiger partial charge >= 0.3 is 0 Å². The van der Waals surface area contributed by atoms with Gasteiger partial charge in [-0.15, -0.1) is 0 Å². The Labute approximate surface area is 123 Å². The van der Waals surface area contributed by atoms with Crippen molar-refractivity contribution in [3.05, 3.63) is 48.1 Å². The van der Waals surface area contributed by atoms with Crippen LogP contribution in [0.1, 0.15) is 37.6 Å². The van der Waals surface area contributed by atoms with Gasteiger partial charge in [0.25, 0.3) is 5.89 Å². The zero-order chi connectivity index (χ0) is 14.5. The van der Waals surface area contributed by atoms with Crippen LogP contribution < -0.4 is 4.74 Å². The van der Waals surface area contributed by atoms with E-state index in [1.54, 1.807) is 0 Å². The molecule has 1 aliphatic rings. The zero-order valence-corrected chi connectivity index (χ0v) is 12.0. The Morgan fingerprint density at radius 2 is 2.14 bits per heavy atom. The molecule has 0 amide bonds. The number of benzene rings is 1. The van der Waals surface area contributed by atoms with Crippen LogP contribution in [0.5, 0.6) is 5.75 Å². The second-order valence-electron chi connectivity index (χ2n) is 4.86. The van der Waals surface area contributed by atoms with Crippen molar-refractivity contribution in [3.63, 3.8) is 0 Å². The number of rotatable bonds is 5. The summed E-state index contributed by atoms with van der Waals surface area (Å²) in [6, 6.07) is 9.67. The molecule has 1 atom stereocenters. The summed E-state index contributed by atoms with van der Waals surface area (Å²) in [5.74, 6) is 1.90. The van der Waals surface area contributed by atoms with E-state index in [4.69, 9.17) is 14.0 Å². The maximum Gasteiger partial charge on any atom is 0.256 e. The first kappa shape index (κ1) is 13.8. The van der Waals surface area contributed by atoms with Gasteiger partial charge in [-0.2, -0.15) is 4.98 Å². The Morgan fingerprint density at radius 1 is 1.29 bits per heavy atom. The van der Waals surface area contributed by atoms with Crippen molar-refractivity contribution in [2.45, 2.75) is 25.9 Å². The molecule has 1 aliphatic heterocycles. The van der Waals surface area contributed by atoms with Crippen molar-refractivity contribution < 1.29 is 14.0 Å². The Balaban J connectivity index is 1.75. The fourth-order valence-electron chi connectivity index (χ4n) is 2.18. The van der Waals surface area contributed by atoms with Gasteiger partial charge in [0.05, 0.1) is 13.2 Å². The molecule has 1 unspecified atom stereocenters. The molecule has 21 heavy (non-hydrogen) atoms. The van der Waals surface area contributed by atoms with Gasteiger partial charge in [0, 0.05) is 5.57 Å². The van der Waals surface area contributed by atoms with Gasteiger partial charge in [0.2, 0.25) is 5.82 Å². The Hall–Kier alpha value is -2.14. The molecule has 0 aliphatic carbocycles. The number of nitrogens with zero attached hydrogens (tertiary/aromatic N) is 2. The molecule has 0 radical (unpaired) electrons. The van der Waals surface area contributed by atoms with Crippen LogP contribution in [0.3, 0.4) is 0 Å². The Morgan fingerprint density at radius 3 is 2.86 bits per heavy atom. The standard InChI is InChI=1S/C16H18N2O3/c1-2-14(20-13-8-4-3-5-9-13)15-17-16(21-18-15)12-7-6-10-19-11-12/h3-5,7-9,14H,2,6,10-11H2,1H3. The zero-order valence-electron chi connectivity index (χ0n) is 12.0. The van der Waals surface area contributed by atoms with Crippen LogP contribution in [-0.2, 0) is 4.74 Å². The average molecular weight is 286 g/mol. The van der Waals surface area contributed by atoms with E-state index in [1.807, 2.05) is 37.3 Å². The van der Waals surface area contributed by atoms with Crippen molar-refractivity contribution in [3.8, 4) is 5.75 Å². The highest BCUT2D eigenvalue weighted by Gasteiger charge is 2.20. The predicted molar refractivity (Wildman–Crippen MR) is 77.8 cm³/mol. The normalized spacial score (nSPS) is 16.3. The summed E-state index contributed by atoms with van der Waals surface area (Å²) >= 11 is 0. The smallest absolute Gasteiger partial charge is 0.256 e. The minimum Gasteiger partial charge on any atom is -0.482 e. The van der Waals surface area contributed by atoms with Gasteiger partial charge in [-0.05, 0) is 25.0 Å². The third kappa shape index (κ3) is 3.31. The van der Waals surface area contributed by atoms with Crippen molar-refractivity contribution in [1.29, 1.82) is 0 Å². The Bertz CT molecular complexity index is 607. The molecule has 1 aromatic carbocycles. The van der Waals surface area contributed by atoms with Crippen LogP contribution >= 0.6 is 0 Å². The van der Waals surface area contributed by atoms with E-state index in [0.29, 0.717) is 18.3 Å². The summed E-state index contributed by atoms with van der Waals surface area (Å²) in [7, 11) is 0. The van der Waals surface area contributed by atoms with E-state index in [1.165, 1.54) is 0 Å². The van der Waals surface area contributed by atoms with Crippen molar-refractivity contribution in [2.24, 2.45) is 0 Å². The van der Waals surface area contributed by atoms with Crippen LogP contribution in [0.15, 0.2) is 40.9 Å². The molecule has 0 saturated carbocycles. The summed E-state index contributed by atoms with van der Waals surface area (Å²) in [4.78, 5) is 4.45. The minimum atomic E-state index is -0.213. The topological polar surface area (TPSA) is 57.4 Å². The molecule has 5 nitrogen and oxygen atoms in total. The lowest BCUT2D eigenvalue weighted by atomic mass is 10.2. The van der Waals surface area contributed by atoms with Gasteiger partial charge in [-0.1, -0.05) is 36.4 Å². The van der Waals surface area contributed by atoms with Crippen LogP contribution in [0.2, 0.25) is 0 Å². The molecule has 1 aromatic heterocycles. The molecule has 0 spiro atoms. The number of aromatic nitrogens is 2. The third-order valence-electron chi connectivity index (χ3n) is 3.31. The number of ether oxygens (including phenoxy) is 2. The average Bonchev–Trinajstić information content (AvgIpc) is 3.04. The summed E-state index contributed by atoms with van der Waals surface area (Å²) < 4.78 is 16.7. The Kier molecular flexibility index (Phi) is 4.31. The first-order valence-corrected chi connectivity index (χ1v) is 7.19. The second kappa shape index (κ2) is 6.54. The molecule has 2 heterocycles. The second-order valence-corrected chi connectivity index (χ2v) is 4.86. The number of hydrogen-bond acceptors (Lipinski definition) is 5. The van der Waals surface area contributed by atoms with E-state index in [-0.39, 0.29) is 6.10 Å². The lowest BCUT2D eigenvalue weighted by Gasteiger charge is -2.13. The predicted octanol–water partition coefficient (Wildman–Crippen LogP) is 3.40. The molecule has 110 valence electrons. The van der Waals surface area contributed by atoms with E-state index >= 15 is 0 Å². The lowest BCUT2D eigenvalue weighted by molar-refractivity contribution is 0.162. The van der Waals surface area contributed by atoms with Crippen LogP contribution in [-0.4, -0.2) is 23.4 Å². The van der Waals surface area contributed by atoms with Crippen LogP contribution in [0.25, 0.3) is 5.57 Å². The van der Waals surface area contributed by atoms with Gasteiger partial charge in [-0.3, -0.25) is 0 Å². The summed E-state index contributed by atoms with van der Waals surface area (Å²) in [5.41, 5.74) is 0.953. The lowest BCUT2D eigenvalue weighted by Crippen LogP contribution is -2.09. The molecule has 0 bridgehead atoms. The largest absolute Gasteiger partial charge is 0.482 e. The SMILES string of the molecule is CCC(Oc1ccccc1)c1noc(C2=CCCOC2)n1. The molecule has 3 rings (SSSR count). The molecule has 2 aromatic rings. The summed E-state index contributed by atoms with van der Waals surface area (Å²) in [6.45, 7) is 3.31. The molecule has 5 heteroatoms. The quantitative estimate of drug-likeness (QED) is 0.843. The molecule has 0 saturated heterocycles. The molecule has 0 fully saturated rings. The van der Waals surface area contributed by atoms with Crippen LogP contribution in [0.4, 0.5) is 0 Å². The van der Waals surface area contributed by atoms with Crippen molar-refractivity contribution in [2.75, 3.05) is 13.2 Å². The maximum atomic E-state index is 5.91. The highest BCUT2D eigenvalue weighted by molar-refractivity contribution is 5.59. The fourth-order valence-corrected chi connectivity index (χ4v) is 2.18. The first-order chi connectivity index (χ1) is 10.4. The van der Waals surface area contributed by atoms with E-state index in [0.717, 1.165) is 30.8 Å². The van der Waals surface area contributed by atoms with Crippen molar-refractivity contribution >= 4 is 5.57 Å².